The number of rotatable bonds is 2. The molecule has 4 nitrogen and oxygen atoms in total. The zero-order valence-electron chi connectivity index (χ0n) is 11.7. The number of nitrogens with zero attached hydrogens (tertiary/aromatic N) is 2. The lowest BCUT2D eigenvalue weighted by atomic mass is 9.96. The third kappa shape index (κ3) is 2.37. The summed E-state index contributed by atoms with van der Waals surface area (Å²) < 4.78 is 0. The number of hydrogen-bond acceptors (Lipinski definition) is 4. The Labute approximate surface area is 118 Å². The molecule has 4 heteroatoms. The minimum absolute atomic E-state index is 0.0159. The van der Waals surface area contributed by atoms with Gasteiger partial charge in [0, 0.05) is 18.5 Å². The van der Waals surface area contributed by atoms with Crippen LogP contribution in [0.4, 0.5) is 5.82 Å². The Morgan fingerprint density at radius 2 is 2.15 bits per heavy atom. The molecule has 2 N–H and O–H groups in total. The summed E-state index contributed by atoms with van der Waals surface area (Å²) in [6.45, 7) is 3.69. The second-order valence-corrected chi connectivity index (χ2v) is 5.59. The summed E-state index contributed by atoms with van der Waals surface area (Å²) in [7, 11) is 0. The molecular formula is C16H20N2O2. The second kappa shape index (κ2) is 5.38. The number of fused-ring (bicyclic) bond motifs is 1. The van der Waals surface area contributed by atoms with Gasteiger partial charge in [0.1, 0.15) is 5.82 Å². The monoisotopic (exact) mass is 272 g/mol. The molecule has 2 atom stereocenters. The molecule has 1 aliphatic rings. The lowest BCUT2D eigenvalue weighted by Gasteiger charge is -2.35. The standard InChI is InChI=1S/C16H20N2O2/c1-11-9-18(7-6-15(11)20)16-8-12(10-19)13-4-2-3-5-14(13)17-16/h2-5,8,11,15,19-20H,6-7,9-10H2,1H3. The van der Waals surface area contributed by atoms with E-state index in [-0.39, 0.29) is 18.6 Å². The van der Waals surface area contributed by atoms with Crippen LogP contribution < -0.4 is 4.90 Å². The van der Waals surface area contributed by atoms with Crippen molar-refractivity contribution in [2.24, 2.45) is 5.92 Å². The van der Waals surface area contributed by atoms with Crippen LogP contribution in [-0.2, 0) is 6.61 Å². The zero-order valence-corrected chi connectivity index (χ0v) is 11.7. The van der Waals surface area contributed by atoms with Gasteiger partial charge in [-0.05, 0) is 30.0 Å². The smallest absolute Gasteiger partial charge is 0.129 e. The number of hydrogen-bond donors (Lipinski definition) is 2. The van der Waals surface area contributed by atoms with Gasteiger partial charge in [-0.1, -0.05) is 25.1 Å². The molecule has 0 bridgehead atoms. The fourth-order valence-corrected chi connectivity index (χ4v) is 2.87. The molecular weight excluding hydrogens is 252 g/mol. The Morgan fingerprint density at radius 1 is 1.35 bits per heavy atom. The van der Waals surface area contributed by atoms with Crippen molar-refractivity contribution in [2.45, 2.75) is 26.1 Å². The predicted octanol–water partition coefficient (Wildman–Crippen LogP) is 1.93. The molecule has 2 heterocycles. The molecule has 2 unspecified atom stereocenters. The highest BCUT2D eigenvalue weighted by Crippen LogP contribution is 2.26. The summed E-state index contributed by atoms with van der Waals surface area (Å²) in [5.41, 5.74) is 1.82. The first kappa shape index (κ1) is 13.3. The number of aliphatic hydroxyl groups is 2. The Balaban J connectivity index is 1.99. The molecule has 106 valence electrons. The number of piperidine rings is 1. The van der Waals surface area contributed by atoms with Crippen LogP contribution in [0.5, 0.6) is 0 Å². The van der Waals surface area contributed by atoms with Gasteiger partial charge in [0.15, 0.2) is 0 Å². The minimum atomic E-state index is -0.219. The first-order valence-corrected chi connectivity index (χ1v) is 7.11. The van der Waals surface area contributed by atoms with Crippen molar-refractivity contribution in [3.63, 3.8) is 0 Å². The van der Waals surface area contributed by atoms with Gasteiger partial charge < -0.3 is 15.1 Å². The molecule has 0 saturated carbocycles. The summed E-state index contributed by atoms with van der Waals surface area (Å²) in [4.78, 5) is 6.90. The third-order valence-corrected chi connectivity index (χ3v) is 4.14. The van der Waals surface area contributed by atoms with Crippen LogP contribution in [-0.4, -0.2) is 34.4 Å². The molecule has 2 aromatic rings. The lowest BCUT2D eigenvalue weighted by molar-refractivity contribution is 0.0969. The average molecular weight is 272 g/mol. The highest BCUT2D eigenvalue weighted by molar-refractivity contribution is 5.84. The van der Waals surface area contributed by atoms with E-state index in [1.54, 1.807) is 0 Å². The average Bonchev–Trinajstić information content (AvgIpc) is 2.49. The van der Waals surface area contributed by atoms with Crippen LogP contribution in [0.3, 0.4) is 0 Å². The fourth-order valence-electron chi connectivity index (χ4n) is 2.87. The molecule has 1 aromatic carbocycles. The maximum absolute atomic E-state index is 9.83. The number of aromatic nitrogens is 1. The Morgan fingerprint density at radius 3 is 2.90 bits per heavy atom. The normalized spacial score (nSPS) is 23.2. The highest BCUT2D eigenvalue weighted by Gasteiger charge is 2.25. The van der Waals surface area contributed by atoms with Crippen LogP contribution in [0.1, 0.15) is 18.9 Å². The molecule has 0 aliphatic carbocycles. The van der Waals surface area contributed by atoms with Gasteiger partial charge in [-0.15, -0.1) is 0 Å². The molecule has 1 saturated heterocycles. The Kier molecular flexibility index (Phi) is 3.59. The van der Waals surface area contributed by atoms with Crippen molar-refractivity contribution >= 4 is 16.7 Å². The maximum atomic E-state index is 9.83. The van der Waals surface area contributed by atoms with Crippen LogP contribution in [0.15, 0.2) is 30.3 Å². The van der Waals surface area contributed by atoms with Crippen molar-refractivity contribution in [2.75, 3.05) is 18.0 Å². The summed E-state index contributed by atoms with van der Waals surface area (Å²) >= 11 is 0. The van der Waals surface area contributed by atoms with E-state index in [9.17, 15) is 10.2 Å². The van der Waals surface area contributed by atoms with Gasteiger partial charge in [0.05, 0.1) is 18.2 Å². The lowest BCUT2D eigenvalue weighted by Crippen LogP contribution is -2.42. The first-order chi connectivity index (χ1) is 9.69. The summed E-state index contributed by atoms with van der Waals surface area (Å²) in [6, 6.07) is 9.85. The van der Waals surface area contributed by atoms with Gasteiger partial charge in [0.25, 0.3) is 0 Å². The van der Waals surface area contributed by atoms with Gasteiger partial charge in [-0.3, -0.25) is 0 Å². The molecule has 3 rings (SSSR count). The van der Waals surface area contributed by atoms with E-state index < -0.39 is 0 Å². The van der Waals surface area contributed by atoms with Crippen LogP contribution in [0.25, 0.3) is 10.9 Å². The van der Waals surface area contributed by atoms with Crippen LogP contribution in [0.2, 0.25) is 0 Å². The van der Waals surface area contributed by atoms with Crippen LogP contribution in [0, 0.1) is 5.92 Å². The number of para-hydroxylation sites is 1. The highest BCUT2D eigenvalue weighted by atomic mass is 16.3. The molecule has 1 aliphatic heterocycles. The predicted molar refractivity (Wildman–Crippen MR) is 79.7 cm³/mol. The number of anilines is 1. The van der Waals surface area contributed by atoms with Crippen molar-refractivity contribution in [1.29, 1.82) is 0 Å². The third-order valence-electron chi connectivity index (χ3n) is 4.14. The van der Waals surface area contributed by atoms with E-state index in [1.807, 2.05) is 30.3 Å². The Hall–Kier alpha value is -1.65. The van der Waals surface area contributed by atoms with Gasteiger partial charge in [-0.2, -0.15) is 0 Å². The van der Waals surface area contributed by atoms with Crippen molar-refractivity contribution < 1.29 is 10.2 Å². The summed E-state index contributed by atoms with van der Waals surface area (Å²) in [5.74, 6) is 1.14. The first-order valence-electron chi connectivity index (χ1n) is 7.11. The Bertz CT molecular complexity index is 614. The summed E-state index contributed by atoms with van der Waals surface area (Å²) in [6.07, 6.45) is 0.549. The topological polar surface area (TPSA) is 56.6 Å². The quantitative estimate of drug-likeness (QED) is 0.877. The SMILES string of the molecule is CC1CN(c2cc(CO)c3ccccc3n2)CCC1O. The molecule has 1 aromatic heterocycles. The van der Waals surface area contributed by atoms with E-state index in [0.717, 1.165) is 41.8 Å². The summed E-state index contributed by atoms with van der Waals surface area (Å²) in [5, 5.41) is 20.4. The number of pyridine rings is 1. The van der Waals surface area contributed by atoms with Crippen molar-refractivity contribution in [3.05, 3.63) is 35.9 Å². The number of aliphatic hydroxyl groups excluding tert-OH is 2. The van der Waals surface area contributed by atoms with Gasteiger partial charge in [-0.25, -0.2) is 4.98 Å². The van der Waals surface area contributed by atoms with Gasteiger partial charge >= 0.3 is 0 Å². The molecule has 20 heavy (non-hydrogen) atoms. The molecule has 0 radical (unpaired) electrons. The molecule has 0 amide bonds. The van der Waals surface area contributed by atoms with Crippen molar-refractivity contribution in [1.82, 2.24) is 4.98 Å². The number of benzene rings is 1. The minimum Gasteiger partial charge on any atom is -0.393 e. The van der Waals surface area contributed by atoms with Crippen LogP contribution >= 0.6 is 0 Å². The molecule has 0 spiro atoms. The zero-order chi connectivity index (χ0) is 14.1. The van der Waals surface area contributed by atoms with E-state index in [2.05, 4.69) is 11.8 Å². The van der Waals surface area contributed by atoms with E-state index in [0.29, 0.717) is 0 Å². The largest absolute Gasteiger partial charge is 0.393 e. The van der Waals surface area contributed by atoms with E-state index >= 15 is 0 Å². The fraction of sp³-hybridized carbons (Fsp3) is 0.438. The van der Waals surface area contributed by atoms with Gasteiger partial charge in [0.2, 0.25) is 0 Å². The molecule has 1 fully saturated rings. The van der Waals surface area contributed by atoms with Crippen molar-refractivity contribution in [3.8, 4) is 0 Å². The van der Waals surface area contributed by atoms with E-state index in [1.165, 1.54) is 0 Å². The second-order valence-electron chi connectivity index (χ2n) is 5.59. The van der Waals surface area contributed by atoms with E-state index in [4.69, 9.17) is 4.98 Å². The maximum Gasteiger partial charge on any atom is 0.129 e.